The van der Waals surface area contributed by atoms with Gasteiger partial charge in [0, 0.05) is 18.8 Å². The van der Waals surface area contributed by atoms with Gasteiger partial charge in [0.25, 0.3) is 7.82 Å². The van der Waals surface area contributed by atoms with E-state index in [0.29, 0.717) is 30.3 Å². The molecule has 3 N–H and O–H groups in total. The van der Waals surface area contributed by atoms with Crippen molar-refractivity contribution in [2.45, 2.75) is 186 Å². The van der Waals surface area contributed by atoms with E-state index < -0.39 is 57.4 Å². The van der Waals surface area contributed by atoms with Gasteiger partial charge in [-0.1, -0.05) is 147 Å². The lowest BCUT2D eigenvalue weighted by molar-refractivity contribution is -0.870. The highest BCUT2D eigenvalue weighted by molar-refractivity contribution is 7.45. The zero-order valence-corrected chi connectivity index (χ0v) is 37.3. The molecule has 0 heterocycles. The highest BCUT2D eigenvalue weighted by atomic mass is 31.2. The van der Waals surface area contributed by atoms with Gasteiger partial charge in [-0.15, -0.1) is 0 Å². The standard InChI is InChI=1S/C44H82NO11P/c1-6-8-10-11-12-13-14-15-16-17-18-19-20-21-23-29-44(50)56-38(36-55-57(51,52)54-33-32-45(3,4)5)35-53-43(49)28-25-24-27-39-40(42(48)34-41(39)47)31-30-37(46)26-22-9-7-2/h24-25,30-31,37-42,46-48H,6-23,26-29,32-36H2,1-5H3/b25-24-,31-30+/t37-,38-,39+,40-,41+,42-/m1/s1. The van der Waals surface area contributed by atoms with Crippen molar-refractivity contribution in [2.24, 2.45) is 11.8 Å². The normalized spacial score (nSPS) is 20.9. The van der Waals surface area contributed by atoms with Crippen molar-refractivity contribution in [3.63, 3.8) is 0 Å². The molecule has 334 valence electrons. The Morgan fingerprint density at radius 2 is 1.33 bits per heavy atom. The van der Waals surface area contributed by atoms with Crippen LogP contribution < -0.4 is 4.89 Å². The van der Waals surface area contributed by atoms with Crippen molar-refractivity contribution in [1.29, 1.82) is 0 Å². The molecule has 0 radical (unpaired) electrons. The zero-order chi connectivity index (χ0) is 42.4. The Hall–Kier alpha value is -1.63. The summed E-state index contributed by atoms with van der Waals surface area (Å²) in [6.07, 6.45) is 26.2. The van der Waals surface area contributed by atoms with Crippen LogP contribution in [-0.4, -0.2) is 104 Å². The first kappa shape index (κ1) is 53.4. The number of hydrogen-bond acceptors (Lipinski definition) is 11. The summed E-state index contributed by atoms with van der Waals surface area (Å²) in [4.78, 5) is 37.8. The van der Waals surface area contributed by atoms with Gasteiger partial charge in [-0.2, -0.15) is 0 Å². The number of allylic oxidation sites excluding steroid dienone is 1. The molecule has 0 aromatic heterocycles. The molecule has 1 rings (SSSR count). The van der Waals surface area contributed by atoms with E-state index in [1.807, 2.05) is 21.1 Å². The van der Waals surface area contributed by atoms with Gasteiger partial charge in [0.05, 0.1) is 52.5 Å². The van der Waals surface area contributed by atoms with E-state index in [2.05, 4.69) is 13.8 Å². The minimum Gasteiger partial charge on any atom is -0.756 e. The van der Waals surface area contributed by atoms with Crippen molar-refractivity contribution < 1.29 is 57.4 Å². The monoisotopic (exact) mass is 832 g/mol. The van der Waals surface area contributed by atoms with E-state index in [9.17, 15) is 34.4 Å². The summed E-state index contributed by atoms with van der Waals surface area (Å²) in [6.45, 7) is 3.75. The topological polar surface area (TPSA) is 172 Å². The Labute approximate surface area is 346 Å². The minimum atomic E-state index is -4.70. The molecule has 7 atom stereocenters. The lowest BCUT2D eigenvalue weighted by Crippen LogP contribution is -2.37. The molecule has 12 nitrogen and oxygen atoms in total. The summed E-state index contributed by atoms with van der Waals surface area (Å²) < 4.78 is 33.8. The predicted molar refractivity (Wildman–Crippen MR) is 224 cm³/mol. The van der Waals surface area contributed by atoms with Crippen LogP contribution in [0.25, 0.3) is 0 Å². The van der Waals surface area contributed by atoms with Gasteiger partial charge in [0.1, 0.15) is 19.8 Å². The summed E-state index contributed by atoms with van der Waals surface area (Å²) in [7, 11) is 1.000. The van der Waals surface area contributed by atoms with Crippen LogP contribution in [0.1, 0.15) is 162 Å². The maximum absolute atomic E-state index is 12.7. The maximum Gasteiger partial charge on any atom is 0.309 e. The minimum absolute atomic E-state index is 0.0792. The van der Waals surface area contributed by atoms with E-state index in [1.54, 1.807) is 24.3 Å². The number of aliphatic hydroxyl groups is 3. The second-order valence-corrected chi connectivity index (χ2v) is 18.5. The lowest BCUT2D eigenvalue weighted by Gasteiger charge is -2.28. The number of aliphatic hydroxyl groups excluding tert-OH is 3. The van der Waals surface area contributed by atoms with Gasteiger partial charge in [0.2, 0.25) is 0 Å². The van der Waals surface area contributed by atoms with Crippen LogP contribution in [0.3, 0.4) is 0 Å². The van der Waals surface area contributed by atoms with E-state index in [-0.39, 0.29) is 37.7 Å². The van der Waals surface area contributed by atoms with Gasteiger partial charge in [-0.05, 0) is 25.2 Å². The Kier molecular flexibility index (Phi) is 30.1. The number of carbonyl (C=O) groups is 2. The average Bonchev–Trinajstić information content (AvgIpc) is 3.42. The molecule has 0 spiro atoms. The third-order valence-electron chi connectivity index (χ3n) is 10.6. The number of hydrogen-bond donors (Lipinski definition) is 3. The first-order valence-electron chi connectivity index (χ1n) is 22.3. The van der Waals surface area contributed by atoms with Crippen LogP contribution >= 0.6 is 7.82 Å². The molecule has 0 aliphatic heterocycles. The number of quaternary nitrogens is 1. The number of phosphoric acid groups is 1. The van der Waals surface area contributed by atoms with Gasteiger partial charge in [-0.3, -0.25) is 14.2 Å². The molecule has 1 fully saturated rings. The average molecular weight is 832 g/mol. The third kappa shape index (κ3) is 29.3. The fourth-order valence-corrected chi connectivity index (χ4v) is 7.71. The van der Waals surface area contributed by atoms with Crippen LogP contribution in [0.5, 0.6) is 0 Å². The molecule has 0 aromatic rings. The summed E-state index contributed by atoms with van der Waals surface area (Å²) in [6, 6.07) is 0. The van der Waals surface area contributed by atoms with E-state index in [1.165, 1.54) is 70.6 Å². The fraction of sp³-hybridized carbons (Fsp3) is 0.864. The summed E-state index contributed by atoms with van der Waals surface area (Å²) in [5, 5.41) is 31.4. The number of nitrogens with zero attached hydrogens (tertiary/aromatic N) is 1. The van der Waals surface area contributed by atoms with Crippen LogP contribution in [0.15, 0.2) is 24.3 Å². The molecule has 1 aliphatic rings. The zero-order valence-electron chi connectivity index (χ0n) is 36.4. The number of rotatable bonds is 36. The van der Waals surface area contributed by atoms with Crippen LogP contribution in [-0.2, 0) is 32.7 Å². The molecule has 57 heavy (non-hydrogen) atoms. The predicted octanol–water partition coefficient (Wildman–Crippen LogP) is 8.10. The lowest BCUT2D eigenvalue weighted by atomic mass is 9.89. The summed E-state index contributed by atoms with van der Waals surface area (Å²) in [5.41, 5.74) is 0. The molecule has 1 aliphatic carbocycles. The van der Waals surface area contributed by atoms with E-state index in [0.717, 1.165) is 38.5 Å². The third-order valence-corrected chi connectivity index (χ3v) is 11.5. The molecule has 0 bridgehead atoms. The number of likely N-dealkylation sites (N-methyl/N-ethyl adjacent to an activating group) is 1. The molecular formula is C44H82NO11P. The second kappa shape index (κ2) is 32.2. The van der Waals surface area contributed by atoms with E-state index in [4.69, 9.17) is 18.5 Å². The van der Waals surface area contributed by atoms with Crippen molar-refractivity contribution >= 4 is 19.8 Å². The Morgan fingerprint density at radius 3 is 1.91 bits per heavy atom. The van der Waals surface area contributed by atoms with Crippen LogP contribution in [0.2, 0.25) is 0 Å². The number of esters is 2. The summed E-state index contributed by atoms with van der Waals surface area (Å²) in [5.74, 6) is -1.73. The van der Waals surface area contributed by atoms with Gasteiger partial charge in [0.15, 0.2) is 6.10 Å². The fourth-order valence-electron chi connectivity index (χ4n) is 6.98. The molecule has 0 amide bonds. The van der Waals surface area contributed by atoms with Crippen LogP contribution in [0.4, 0.5) is 0 Å². The number of carbonyl (C=O) groups excluding carboxylic acids is 2. The number of unbranched alkanes of at least 4 members (excludes halogenated alkanes) is 16. The molecule has 0 aromatic carbocycles. The van der Waals surface area contributed by atoms with Crippen LogP contribution in [0, 0.1) is 11.8 Å². The SMILES string of the molecule is CCCCCCCCCCCCCCCCCC(=O)O[C@H](COC(=O)C/C=C\C[C@H]1[C@@H](/C=C/[C@H](O)CCCCC)[C@H](O)C[C@@H]1O)COP(=O)([O-])OCC[N+](C)(C)C. The van der Waals surface area contributed by atoms with Crippen molar-refractivity contribution in [3.8, 4) is 0 Å². The first-order chi connectivity index (χ1) is 27.2. The Balaban J connectivity index is 2.54. The van der Waals surface area contributed by atoms with Crippen molar-refractivity contribution in [1.82, 2.24) is 0 Å². The largest absolute Gasteiger partial charge is 0.756 e. The highest BCUT2D eigenvalue weighted by Gasteiger charge is 2.39. The van der Waals surface area contributed by atoms with Crippen molar-refractivity contribution in [2.75, 3.05) is 47.5 Å². The van der Waals surface area contributed by atoms with Gasteiger partial charge in [-0.25, -0.2) is 0 Å². The van der Waals surface area contributed by atoms with Gasteiger partial charge < -0.3 is 43.2 Å². The Morgan fingerprint density at radius 1 is 0.772 bits per heavy atom. The molecular weight excluding hydrogens is 749 g/mol. The molecule has 1 saturated carbocycles. The first-order valence-corrected chi connectivity index (χ1v) is 23.8. The molecule has 0 saturated heterocycles. The molecule has 1 unspecified atom stereocenters. The number of ether oxygens (including phenoxy) is 2. The van der Waals surface area contributed by atoms with Crippen molar-refractivity contribution in [3.05, 3.63) is 24.3 Å². The maximum atomic E-state index is 12.7. The quantitative estimate of drug-likeness (QED) is 0.0183. The second-order valence-electron chi connectivity index (χ2n) is 17.1. The smallest absolute Gasteiger partial charge is 0.309 e. The highest BCUT2D eigenvalue weighted by Crippen LogP contribution is 2.38. The summed E-state index contributed by atoms with van der Waals surface area (Å²) >= 11 is 0. The van der Waals surface area contributed by atoms with Gasteiger partial charge >= 0.3 is 11.9 Å². The van der Waals surface area contributed by atoms with E-state index >= 15 is 0 Å². The Bertz CT molecular complexity index is 1140. The molecule has 13 heteroatoms. The number of phosphoric ester groups is 1.